The number of nitrogens with zero attached hydrogens (tertiary/aromatic N) is 2. The van der Waals surface area contributed by atoms with Gasteiger partial charge in [0.05, 0.1) is 17.7 Å². The number of benzene rings is 2. The normalized spacial score (nSPS) is 11.1. The highest BCUT2D eigenvalue weighted by molar-refractivity contribution is 7.89. The summed E-state index contributed by atoms with van der Waals surface area (Å²) < 4.78 is 42.5. The van der Waals surface area contributed by atoms with Crippen molar-refractivity contribution in [3.05, 3.63) is 60.0 Å². The Labute approximate surface area is 182 Å². The molecule has 11 nitrogen and oxygen atoms in total. The molecule has 0 aliphatic carbocycles. The number of primary amides is 1. The summed E-state index contributed by atoms with van der Waals surface area (Å²) in [4.78, 5) is 18.6. The number of nitrogens with two attached hydrogens (primary N) is 2. The first-order valence-corrected chi connectivity index (χ1v) is 10.5. The summed E-state index contributed by atoms with van der Waals surface area (Å²) in [5, 5.41) is 20.2. The van der Waals surface area contributed by atoms with Crippen LogP contribution in [0.4, 0.5) is 27.5 Å². The van der Waals surface area contributed by atoms with E-state index in [4.69, 9.17) is 15.6 Å². The first kappa shape index (κ1) is 22.9. The summed E-state index contributed by atoms with van der Waals surface area (Å²) in [6.07, 6.45) is 0.929. The minimum absolute atomic E-state index is 0.00994. The number of hydrogen-bond donors (Lipinski definition) is 5. The zero-order chi connectivity index (χ0) is 23.3. The summed E-state index contributed by atoms with van der Waals surface area (Å²) in [7, 11) is -3.90. The van der Waals surface area contributed by atoms with Gasteiger partial charge in [-0.3, -0.25) is 4.79 Å². The fourth-order valence-corrected chi connectivity index (χ4v) is 3.16. The largest absolute Gasteiger partial charge is 0.483 e. The molecule has 13 heteroatoms. The minimum Gasteiger partial charge on any atom is -0.483 e. The van der Waals surface area contributed by atoms with E-state index in [9.17, 15) is 22.7 Å². The number of sulfonamides is 1. The first-order chi connectivity index (χ1) is 15.2. The summed E-state index contributed by atoms with van der Waals surface area (Å²) in [6, 6.07) is 10.1. The van der Waals surface area contributed by atoms with E-state index in [2.05, 4.69) is 20.6 Å². The number of aliphatic hydroxyl groups excluding tert-OH is 1. The topological polar surface area (TPSA) is 183 Å². The van der Waals surface area contributed by atoms with Crippen molar-refractivity contribution in [2.75, 3.05) is 17.2 Å². The van der Waals surface area contributed by atoms with Crippen LogP contribution in [-0.4, -0.2) is 36.0 Å². The molecule has 0 unspecified atom stereocenters. The molecule has 0 saturated carbocycles. The molecule has 1 amide bonds. The molecule has 3 aromatic rings. The predicted octanol–water partition coefficient (Wildman–Crippen LogP) is 1.11. The van der Waals surface area contributed by atoms with Crippen LogP contribution in [0, 0.1) is 5.82 Å². The average molecular weight is 462 g/mol. The predicted molar refractivity (Wildman–Crippen MR) is 113 cm³/mol. The second kappa shape index (κ2) is 9.55. The maximum Gasteiger partial charge on any atom is 0.255 e. The van der Waals surface area contributed by atoms with E-state index in [0.717, 1.165) is 6.20 Å². The zero-order valence-electron chi connectivity index (χ0n) is 16.4. The van der Waals surface area contributed by atoms with Crippen molar-refractivity contribution in [1.29, 1.82) is 0 Å². The molecule has 7 N–H and O–H groups in total. The van der Waals surface area contributed by atoms with Gasteiger partial charge in [-0.25, -0.2) is 22.9 Å². The van der Waals surface area contributed by atoms with Crippen molar-refractivity contribution >= 4 is 39.1 Å². The van der Waals surface area contributed by atoms with Gasteiger partial charge in [0.2, 0.25) is 16.0 Å². The fourth-order valence-electron chi connectivity index (χ4n) is 2.60. The van der Waals surface area contributed by atoms with Gasteiger partial charge in [0.1, 0.15) is 5.75 Å². The number of aromatic nitrogens is 2. The minimum atomic E-state index is -3.90. The van der Waals surface area contributed by atoms with E-state index in [1.807, 2.05) is 0 Å². The van der Waals surface area contributed by atoms with Gasteiger partial charge in [0, 0.05) is 16.9 Å². The van der Waals surface area contributed by atoms with Gasteiger partial charge in [-0.2, -0.15) is 4.98 Å². The molecular weight excluding hydrogens is 443 g/mol. The second-order valence-electron chi connectivity index (χ2n) is 6.45. The molecule has 2 aromatic carbocycles. The molecule has 1 heterocycles. The lowest BCUT2D eigenvalue weighted by Gasteiger charge is -2.13. The quantitative estimate of drug-likeness (QED) is 0.311. The molecule has 0 saturated heterocycles. The third-order valence-electron chi connectivity index (χ3n) is 4.03. The molecule has 0 radical (unpaired) electrons. The number of ether oxygens (including phenoxy) is 1. The molecule has 0 aliphatic rings. The highest BCUT2D eigenvalue weighted by Gasteiger charge is 2.12. The van der Waals surface area contributed by atoms with Crippen molar-refractivity contribution in [2.24, 2.45) is 10.9 Å². The molecule has 0 bridgehead atoms. The molecule has 0 fully saturated rings. The van der Waals surface area contributed by atoms with E-state index < -0.39 is 28.4 Å². The number of anilines is 4. The Bertz CT molecular complexity index is 1250. The van der Waals surface area contributed by atoms with Crippen LogP contribution in [0.2, 0.25) is 0 Å². The van der Waals surface area contributed by atoms with Crippen LogP contribution >= 0.6 is 0 Å². The van der Waals surface area contributed by atoms with E-state index in [1.54, 1.807) is 6.07 Å². The number of aliphatic hydroxyl groups is 1. The summed E-state index contributed by atoms with van der Waals surface area (Å²) in [6.45, 7) is -0.759. The van der Waals surface area contributed by atoms with Crippen LogP contribution in [0.15, 0.2) is 53.6 Å². The Kier molecular flexibility index (Phi) is 6.82. The molecule has 1 aromatic heterocycles. The molecular formula is C19H19FN6O5S. The van der Waals surface area contributed by atoms with Crippen molar-refractivity contribution in [3.63, 3.8) is 0 Å². The number of amides is 1. The van der Waals surface area contributed by atoms with Crippen molar-refractivity contribution in [1.82, 2.24) is 9.97 Å². The lowest BCUT2D eigenvalue weighted by Crippen LogP contribution is -2.20. The SMILES string of the molecule is NC(=O)COc1ccc(Nc2nc(Nc3cccc(S(N)(=O)=O)c3)ncc2F)cc1CO. The van der Waals surface area contributed by atoms with Gasteiger partial charge < -0.3 is 26.2 Å². The van der Waals surface area contributed by atoms with Crippen LogP contribution < -0.4 is 26.2 Å². The van der Waals surface area contributed by atoms with Gasteiger partial charge in [-0.05, 0) is 36.4 Å². The molecule has 0 aliphatic heterocycles. The Balaban J connectivity index is 1.81. The maximum absolute atomic E-state index is 14.2. The maximum atomic E-state index is 14.2. The van der Waals surface area contributed by atoms with Crippen molar-refractivity contribution in [2.45, 2.75) is 11.5 Å². The number of primary sulfonamides is 1. The number of halogens is 1. The monoisotopic (exact) mass is 462 g/mol. The van der Waals surface area contributed by atoms with E-state index in [1.165, 1.54) is 36.4 Å². The van der Waals surface area contributed by atoms with Gasteiger partial charge >= 0.3 is 0 Å². The molecule has 32 heavy (non-hydrogen) atoms. The first-order valence-electron chi connectivity index (χ1n) is 9.00. The third kappa shape index (κ3) is 5.87. The molecule has 168 valence electrons. The van der Waals surface area contributed by atoms with Crippen LogP contribution in [0.5, 0.6) is 5.75 Å². The Hall–Kier alpha value is -3.81. The van der Waals surface area contributed by atoms with Crippen molar-refractivity contribution < 1.29 is 27.4 Å². The summed E-state index contributed by atoms with van der Waals surface area (Å²) in [5.74, 6) is -1.37. The van der Waals surface area contributed by atoms with E-state index >= 15 is 0 Å². The third-order valence-corrected chi connectivity index (χ3v) is 4.94. The van der Waals surface area contributed by atoms with Crippen molar-refractivity contribution in [3.8, 4) is 5.75 Å². The van der Waals surface area contributed by atoms with Gasteiger partial charge in [0.25, 0.3) is 5.91 Å². The second-order valence-corrected chi connectivity index (χ2v) is 8.01. The standard InChI is InChI=1S/C19H19FN6O5S/c20-15-8-23-19(25-12-2-1-3-14(7-12)32(22,29)30)26-18(15)24-13-4-5-16(11(6-13)9-27)31-10-17(21)28/h1-8,27H,9-10H2,(H2,21,28)(H2,22,29,30)(H2,23,24,25,26). The highest BCUT2D eigenvalue weighted by atomic mass is 32.2. The number of rotatable bonds is 9. The highest BCUT2D eigenvalue weighted by Crippen LogP contribution is 2.26. The lowest BCUT2D eigenvalue weighted by molar-refractivity contribution is -0.119. The van der Waals surface area contributed by atoms with Crippen LogP contribution in [0.3, 0.4) is 0 Å². The molecule has 0 atom stereocenters. The summed E-state index contributed by atoms with van der Waals surface area (Å²) in [5.41, 5.74) is 6.08. The number of nitrogens with one attached hydrogen (secondary N) is 2. The van der Waals surface area contributed by atoms with Crippen LogP contribution in [-0.2, 0) is 21.4 Å². The average Bonchev–Trinajstić information content (AvgIpc) is 2.74. The number of carbonyl (C=O) groups is 1. The van der Waals surface area contributed by atoms with Gasteiger partial charge in [0.15, 0.2) is 18.2 Å². The van der Waals surface area contributed by atoms with E-state index in [-0.39, 0.29) is 29.0 Å². The molecule has 0 spiro atoms. The Morgan fingerprint density at radius 1 is 1.16 bits per heavy atom. The Morgan fingerprint density at radius 2 is 1.91 bits per heavy atom. The molecule has 3 rings (SSSR count). The van der Waals surface area contributed by atoms with Gasteiger partial charge in [-0.1, -0.05) is 6.07 Å². The van der Waals surface area contributed by atoms with Crippen LogP contribution in [0.25, 0.3) is 0 Å². The number of carbonyl (C=O) groups excluding carboxylic acids is 1. The lowest BCUT2D eigenvalue weighted by atomic mass is 10.2. The fraction of sp³-hybridized carbons (Fsp3) is 0.105. The number of hydrogen-bond acceptors (Lipinski definition) is 9. The smallest absolute Gasteiger partial charge is 0.255 e. The van der Waals surface area contributed by atoms with Crippen LogP contribution in [0.1, 0.15) is 5.56 Å². The van der Waals surface area contributed by atoms with E-state index in [0.29, 0.717) is 16.9 Å². The zero-order valence-corrected chi connectivity index (χ0v) is 17.3. The summed E-state index contributed by atoms with van der Waals surface area (Å²) >= 11 is 0. The Morgan fingerprint density at radius 3 is 2.59 bits per heavy atom. The van der Waals surface area contributed by atoms with Gasteiger partial charge in [-0.15, -0.1) is 0 Å².